The number of benzene rings is 1. The topological polar surface area (TPSA) is 25.8 Å². The molecular formula is C11H8Cl2N2S. The van der Waals surface area contributed by atoms with Gasteiger partial charge in [-0.05, 0) is 25.1 Å². The van der Waals surface area contributed by atoms with Crippen LogP contribution in [0.2, 0.25) is 10.2 Å². The van der Waals surface area contributed by atoms with Crippen LogP contribution in [0.15, 0.2) is 40.5 Å². The van der Waals surface area contributed by atoms with Gasteiger partial charge < -0.3 is 0 Å². The summed E-state index contributed by atoms with van der Waals surface area (Å²) in [4.78, 5) is 9.13. The number of nitrogens with zero attached hydrogens (tertiary/aromatic N) is 2. The Bertz CT molecular complexity index is 517. The van der Waals surface area contributed by atoms with E-state index in [1.165, 1.54) is 18.1 Å². The lowest BCUT2D eigenvalue weighted by Gasteiger charge is -2.05. The molecule has 2 aromatic rings. The van der Waals surface area contributed by atoms with Gasteiger partial charge in [0, 0.05) is 15.5 Å². The van der Waals surface area contributed by atoms with Gasteiger partial charge in [0.25, 0.3) is 0 Å². The molecule has 0 saturated heterocycles. The molecule has 0 aliphatic heterocycles. The predicted molar refractivity (Wildman–Crippen MR) is 67.4 cm³/mol. The van der Waals surface area contributed by atoms with Crippen LogP contribution in [0.3, 0.4) is 0 Å². The highest BCUT2D eigenvalue weighted by atomic mass is 35.5. The third-order valence-corrected chi connectivity index (χ3v) is 3.70. The van der Waals surface area contributed by atoms with Crippen molar-refractivity contribution in [2.45, 2.75) is 16.8 Å². The Morgan fingerprint density at radius 3 is 2.75 bits per heavy atom. The third-order valence-electron chi connectivity index (χ3n) is 1.99. The first-order valence-electron chi connectivity index (χ1n) is 4.57. The van der Waals surface area contributed by atoms with Gasteiger partial charge in [-0.15, -0.1) is 0 Å². The monoisotopic (exact) mass is 270 g/mol. The largest absolute Gasteiger partial charge is 0.229 e. The van der Waals surface area contributed by atoms with Crippen LogP contribution in [0.5, 0.6) is 0 Å². The van der Waals surface area contributed by atoms with Gasteiger partial charge in [-0.1, -0.05) is 41.0 Å². The van der Waals surface area contributed by atoms with Crippen molar-refractivity contribution in [2.24, 2.45) is 0 Å². The van der Waals surface area contributed by atoms with Crippen molar-refractivity contribution in [1.29, 1.82) is 0 Å². The molecule has 0 spiro atoms. The molecule has 0 bridgehead atoms. The van der Waals surface area contributed by atoms with Crippen molar-refractivity contribution >= 4 is 35.0 Å². The van der Waals surface area contributed by atoms with Crippen molar-refractivity contribution in [3.63, 3.8) is 0 Å². The predicted octanol–water partition coefficient (Wildman–Crippen LogP) is 4.24. The molecule has 0 radical (unpaired) electrons. The summed E-state index contributed by atoms with van der Waals surface area (Å²) in [5.74, 6) is 0. The highest BCUT2D eigenvalue weighted by Gasteiger charge is 2.06. The molecule has 0 atom stereocenters. The van der Waals surface area contributed by atoms with E-state index >= 15 is 0 Å². The van der Waals surface area contributed by atoms with Crippen molar-refractivity contribution < 1.29 is 0 Å². The van der Waals surface area contributed by atoms with Gasteiger partial charge in [-0.3, -0.25) is 0 Å². The van der Waals surface area contributed by atoms with Gasteiger partial charge in [0.05, 0.1) is 0 Å². The molecule has 0 amide bonds. The van der Waals surface area contributed by atoms with Crippen molar-refractivity contribution in [3.8, 4) is 0 Å². The van der Waals surface area contributed by atoms with Gasteiger partial charge in [0.15, 0.2) is 0 Å². The normalized spacial score (nSPS) is 10.4. The van der Waals surface area contributed by atoms with Crippen LogP contribution in [0, 0.1) is 6.92 Å². The molecule has 1 aromatic carbocycles. The van der Waals surface area contributed by atoms with E-state index in [0.717, 1.165) is 15.5 Å². The zero-order chi connectivity index (χ0) is 11.5. The maximum Gasteiger partial charge on any atom is 0.136 e. The summed E-state index contributed by atoms with van der Waals surface area (Å²) >= 11 is 13.4. The standard InChI is InChI=1S/C11H8Cl2N2S/c1-7-10(13)14-6-15-11(7)16-9-4-2-3-8(12)5-9/h2-6H,1H3. The van der Waals surface area contributed by atoms with Crippen LogP contribution >= 0.6 is 35.0 Å². The van der Waals surface area contributed by atoms with Crippen molar-refractivity contribution in [3.05, 3.63) is 46.3 Å². The molecule has 0 saturated carbocycles. The minimum absolute atomic E-state index is 0.486. The number of halogens is 2. The Balaban J connectivity index is 2.31. The lowest BCUT2D eigenvalue weighted by Crippen LogP contribution is -1.89. The Morgan fingerprint density at radius 2 is 2.00 bits per heavy atom. The average molecular weight is 271 g/mol. The summed E-state index contributed by atoms with van der Waals surface area (Å²) in [7, 11) is 0. The van der Waals surface area contributed by atoms with E-state index in [9.17, 15) is 0 Å². The van der Waals surface area contributed by atoms with E-state index < -0.39 is 0 Å². The Hall–Kier alpha value is -0.770. The van der Waals surface area contributed by atoms with Crippen LogP contribution in [-0.2, 0) is 0 Å². The minimum Gasteiger partial charge on any atom is -0.229 e. The van der Waals surface area contributed by atoms with E-state index in [-0.39, 0.29) is 0 Å². The van der Waals surface area contributed by atoms with E-state index in [0.29, 0.717) is 10.2 Å². The second-order valence-corrected chi connectivity index (χ2v) is 5.01. The SMILES string of the molecule is Cc1c(Cl)ncnc1Sc1cccc(Cl)c1. The maximum absolute atomic E-state index is 5.92. The zero-order valence-electron chi connectivity index (χ0n) is 8.45. The first kappa shape index (κ1) is 11.7. The summed E-state index contributed by atoms with van der Waals surface area (Å²) in [6, 6.07) is 7.61. The van der Waals surface area contributed by atoms with E-state index in [4.69, 9.17) is 23.2 Å². The molecule has 1 heterocycles. The molecule has 1 aromatic heterocycles. The second kappa shape index (κ2) is 5.04. The summed E-state index contributed by atoms with van der Waals surface area (Å²) in [6.07, 6.45) is 1.46. The van der Waals surface area contributed by atoms with Crippen LogP contribution in [-0.4, -0.2) is 9.97 Å². The minimum atomic E-state index is 0.486. The summed E-state index contributed by atoms with van der Waals surface area (Å²) in [5, 5.41) is 2.05. The molecule has 0 aliphatic carbocycles. The average Bonchev–Trinajstić information content (AvgIpc) is 2.25. The van der Waals surface area contributed by atoms with Gasteiger partial charge in [0.1, 0.15) is 16.5 Å². The highest BCUT2D eigenvalue weighted by Crippen LogP contribution is 2.31. The Labute approximate surface area is 108 Å². The maximum atomic E-state index is 5.92. The van der Waals surface area contributed by atoms with E-state index in [1.54, 1.807) is 0 Å². The number of hydrogen-bond donors (Lipinski definition) is 0. The summed E-state index contributed by atoms with van der Waals surface area (Å²) in [6.45, 7) is 1.90. The van der Waals surface area contributed by atoms with Crippen LogP contribution in [0.1, 0.15) is 5.56 Å². The Kier molecular flexibility index (Phi) is 3.69. The molecule has 16 heavy (non-hydrogen) atoms. The van der Waals surface area contributed by atoms with Crippen molar-refractivity contribution in [2.75, 3.05) is 0 Å². The highest BCUT2D eigenvalue weighted by molar-refractivity contribution is 7.99. The fourth-order valence-corrected chi connectivity index (χ4v) is 2.51. The molecule has 5 heteroatoms. The quantitative estimate of drug-likeness (QED) is 0.764. The number of hydrogen-bond acceptors (Lipinski definition) is 3. The zero-order valence-corrected chi connectivity index (χ0v) is 10.8. The number of aromatic nitrogens is 2. The van der Waals surface area contributed by atoms with Crippen LogP contribution in [0.4, 0.5) is 0 Å². The van der Waals surface area contributed by atoms with Crippen LogP contribution < -0.4 is 0 Å². The van der Waals surface area contributed by atoms with E-state index in [1.807, 2.05) is 31.2 Å². The van der Waals surface area contributed by atoms with E-state index in [2.05, 4.69) is 9.97 Å². The second-order valence-electron chi connectivity index (χ2n) is 3.15. The Morgan fingerprint density at radius 1 is 1.19 bits per heavy atom. The smallest absolute Gasteiger partial charge is 0.136 e. The first-order valence-corrected chi connectivity index (χ1v) is 6.14. The molecule has 2 rings (SSSR count). The molecule has 0 unspecified atom stereocenters. The molecule has 0 fully saturated rings. The van der Waals surface area contributed by atoms with Gasteiger partial charge >= 0.3 is 0 Å². The van der Waals surface area contributed by atoms with Gasteiger partial charge in [0.2, 0.25) is 0 Å². The first-order chi connectivity index (χ1) is 7.66. The molecule has 82 valence electrons. The van der Waals surface area contributed by atoms with Gasteiger partial charge in [-0.2, -0.15) is 0 Å². The molecule has 2 nitrogen and oxygen atoms in total. The summed E-state index contributed by atoms with van der Waals surface area (Å²) in [5.41, 5.74) is 0.883. The third kappa shape index (κ3) is 2.67. The van der Waals surface area contributed by atoms with Crippen LogP contribution in [0.25, 0.3) is 0 Å². The number of rotatable bonds is 2. The summed E-state index contributed by atoms with van der Waals surface area (Å²) < 4.78 is 0. The van der Waals surface area contributed by atoms with Gasteiger partial charge in [-0.25, -0.2) is 9.97 Å². The molecule has 0 N–H and O–H groups in total. The lowest BCUT2D eigenvalue weighted by atomic mass is 10.4. The van der Waals surface area contributed by atoms with Crippen molar-refractivity contribution in [1.82, 2.24) is 9.97 Å². The fraction of sp³-hybridized carbons (Fsp3) is 0.0909. The molecular weight excluding hydrogens is 263 g/mol. The molecule has 0 aliphatic rings. The lowest BCUT2D eigenvalue weighted by molar-refractivity contribution is 1.00. The fourth-order valence-electron chi connectivity index (χ4n) is 1.16.